The monoisotopic (exact) mass is 399 g/mol. The van der Waals surface area contributed by atoms with Crippen molar-refractivity contribution in [1.82, 2.24) is 4.98 Å². The molecule has 0 aliphatic carbocycles. The number of aromatic nitrogens is 1. The number of hydrogen-bond acceptors (Lipinski definition) is 5. The Labute approximate surface area is 165 Å². The third kappa shape index (κ3) is 4.34. The number of thiazole rings is 1. The topological polar surface area (TPSA) is 80.3 Å². The van der Waals surface area contributed by atoms with E-state index in [1.165, 1.54) is 36.5 Å². The lowest BCUT2D eigenvalue weighted by molar-refractivity contribution is -0.114. The van der Waals surface area contributed by atoms with E-state index in [0.717, 1.165) is 11.3 Å². The molecule has 8 heteroatoms. The molecule has 3 rings (SSSR count). The predicted molar refractivity (Wildman–Crippen MR) is 107 cm³/mol. The Bertz CT molecular complexity index is 1030. The van der Waals surface area contributed by atoms with Gasteiger partial charge >= 0.3 is 0 Å². The van der Waals surface area contributed by atoms with Gasteiger partial charge in [-0.05, 0) is 49.4 Å². The van der Waals surface area contributed by atoms with Gasteiger partial charge in [0.1, 0.15) is 21.5 Å². The zero-order chi connectivity index (χ0) is 20.3. The highest BCUT2D eigenvalue weighted by Crippen LogP contribution is 2.30. The van der Waals surface area contributed by atoms with E-state index in [1.807, 2.05) is 24.3 Å². The molecule has 0 unspecified atom stereocenters. The van der Waals surface area contributed by atoms with Crippen molar-refractivity contribution in [2.45, 2.75) is 13.8 Å². The van der Waals surface area contributed by atoms with Crippen LogP contribution in [0.4, 0.5) is 15.8 Å². The van der Waals surface area contributed by atoms with Crippen LogP contribution in [0.25, 0.3) is 10.6 Å². The Morgan fingerprint density at radius 1 is 1.11 bits per heavy atom. The van der Waals surface area contributed by atoms with Gasteiger partial charge in [0.2, 0.25) is 5.91 Å². The van der Waals surface area contributed by atoms with Gasteiger partial charge in [0.15, 0.2) is 0 Å². The van der Waals surface area contributed by atoms with E-state index in [1.54, 1.807) is 14.0 Å². The van der Waals surface area contributed by atoms with Gasteiger partial charge in [0.05, 0.1) is 18.5 Å². The maximum Gasteiger partial charge on any atom is 0.267 e. The first kappa shape index (κ1) is 19.5. The van der Waals surface area contributed by atoms with Crippen LogP contribution in [0.15, 0.2) is 42.5 Å². The fourth-order valence-corrected chi connectivity index (χ4v) is 3.51. The SMILES string of the molecule is COc1ccc(-c2nc(C)c(C(=O)Nc3cc(NC(C)=O)ccc3F)s2)cc1. The third-order valence-electron chi connectivity index (χ3n) is 3.87. The molecule has 0 bridgehead atoms. The van der Waals surface area contributed by atoms with Crippen molar-refractivity contribution in [3.05, 3.63) is 58.9 Å². The normalized spacial score (nSPS) is 10.4. The summed E-state index contributed by atoms with van der Waals surface area (Å²) >= 11 is 1.22. The van der Waals surface area contributed by atoms with Gasteiger partial charge in [-0.2, -0.15) is 0 Å². The summed E-state index contributed by atoms with van der Waals surface area (Å²) in [6.45, 7) is 3.07. The second-order valence-electron chi connectivity index (χ2n) is 5.99. The minimum absolute atomic E-state index is 0.0185. The Morgan fingerprint density at radius 3 is 2.46 bits per heavy atom. The van der Waals surface area contributed by atoms with Crippen LogP contribution >= 0.6 is 11.3 Å². The zero-order valence-electron chi connectivity index (χ0n) is 15.5. The number of hydrogen-bond donors (Lipinski definition) is 2. The van der Waals surface area contributed by atoms with Crippen LogP contribution in [-0.4, -0.2) is 23.9 Å². The minimum Gasteiger partial charge on any atom is -0.497 e. The Kier molecular flexibility index (Phi) is 5.70. The van der Waals surface area contributed by atoms with Crippen molar-refractivity contribution < 1.29 is 18.7 Å². The van der Waals surface area contributed by atoms with Gasteiger partial charge in [-0.25, -0.2) is 9.37 Å². The van der Waals surface area contributed by atoms with E-state index >= 15 is 0 Å². The van der Waals surface area contributed by atoms with E-state index in [0.29, 0.717) is 21.3 Å². The molecule has 0 saturated heterocycles. The smallest absolute Gasteiger partial charge is 0.267 e. The van der Waals surface area contributed by atoms with Crippen LogP contribution in [0.3, 0.4) is 0 Å². The van der Waals surface area contributed by atoms with Gasteiger partial charge in [0.25, 0.3) is 5.91 Å². The first-order valence-corrected chi connectivity index (χ1v) is 9.19. The van der Waals surface area contributed by atoms with Crippen LogP contribution in [-0.2, 0) is 4.79 Å². The average Bonchev–Trinajstić information content (AvgIpc) is 3.06. The maximum absolute atomic E-state index is 14.1. The van der Waals surface area contributed by atoms with Gasteiger partial charge in [-0.3, -0.25) is 9.59 Å². The number of nitrogens with zero attached hydrogens (tertiary/aromatic N) is 1. The molecule has 3 aromatic rings. The fraction of sp³-hybridized carbons (Fsp3) is 0.150. The highest BCUT2D eigenvalue weighted by atomic mass is 32.1. The van der Waals surface area contributed by atoms with Crippen molar-refractivity contribution in [2.75, 3.05) is 17.7 Å². The van der Waals surface area contributed by atoms with E-state index in [9.17, 15) is 14.0 Å². The van der Waals surface area contributed by atoms with Crippen LogP contribution in [0.5, 0.6) is 5.75 Å². The average molecular weight is 399 g/mol. The molecular weight excluding hydrogens is 381 g/mol. The molecule has 2 amide bonds. The summed E-state index contributed by atoms with van der Waals surface area (Å²) < 4.78 is 19.2. The molecule has 144 valence electrons. The molecule has 1 aromatic heterocycles. The molecular formula is C20H18FN3O3S. The number of carbonyl (C=O) groups excluding carboxylic acids is 2. The summed E-state index contributed by atoms with van der Waals surface area (Å²) in [7, 11) is 1.59. The summed E-state index contributed by atoms with van der Waals surface area (Å²) in [4.78, 5) is 28.6. The summed E-state index contributed by atoms with van der Waals surface area (Å²) in [5, 5.41) is 5.78. The Morgan fingerprint density at radius 2 is 1.82 bits per heavy atom. The van der Waals surface area contributed by atoms with Crippen molar-refractivity contribution >= 4 is 34.5 Å². The van der Waals surface area contributed by atoms with E-state index in [4.69, 9.17) is 4.74 Å². The van der Waals surface area contributed by atoms with Gasteiger partial charge in [-0.15, -0.1) is 11.3 Å². The highest BCUT2D eigenvalue weighted by Gasteiger charge is 2.18. The standard InChI is InChI=1S/C20H18FN3O3S/c1-11-18(28-20(22-11)13-4-7-15(27-3)8-5-13)19(26)24-17-10-14(23-12(2)25)6-9-16(17)21/h4-10H,1-3H3,(H,23,25)(H,24,26). The molecule has 0 fully saturated rings. The molecule has 1 heterocycles. The number of halogens is 1. The molecule has 0 aliphatic heterocycles. The summed E-state index contributed by atoms with van der Waals surface area (Å²) in [6, 6.07) is 11.3. The molecule has 0 radical (unpaired) electrons. The number of amides is 2. The van der Waals surface area contributed by atoms with Crippen LogP contribution in [0.2, 0.25) is 0 Å². The number of carbonyl (C=O) groups is 2. The molecule has 0 atom stereocenters. The number of ether oxygens (including phenoxy) is 1. The van der Waals surface area contributed by atoms with Gasteiger partial charge in [-0.1, -0.05) is 0 Å². The fourth-order valence-electron chi connectivity index (χ4n) is 2.55. The number of methoxy groups -OCH3 is 1. The highest BCUT2D eigenvalue weighted by molar-refractivity contribution is 7.17. The lowest BCUT2D eigenvalue weighted by Gasteiger charge is -2.08. The van der Waals surface area contributed by atoms with Crippen molar-refractivity contribution in [1.29, 1.82) is 0 Å². The number of benzene rings is 2. The van der Waals surface area contributed by atoms with Crippen molar-refractivity contribution in [2.24, 2.45) is 0 Å². The first-order valence-electron chi connectivity index (χ1n) is 8.37. The van der Waals surface area contributed by atoms with E-state index in [2.05, 4.69) is 15.6 Å². The second kappa shape index (κ2) is 8.18. The Hall–Kier alpha value is -3.26. The van der Waals surface area contributed by atoms with Gasteiger partial charge < -0.3 is 15.4 Å². The zero-order valence-corrected chi connectivity index (χ0v) is 16.3. The number of rotatable bonds is 5. The maximum atomic E-state index is 14.1. The quantitative estimate of drug-likeness (QED) is 0.663. The molecule has 2 N–H and O–H groups in total. The van der Waals surface area contributed by atoms with Gasteiger partial charge in [0, 0.05) is 18.2 Å². The van der Waals surface area contributed by atoms with Crippen LogP contribution in [0, 0.1) is 12.7 Å². The lowest BCUT2D eigenvalue weighted by atomic mass is 10.2. The Balaban J connectivity index is 1.83. The first-order chi connectivity index (χ1) is 13.4. The van der Waals surface area contributed by atoms with E-state index in [-0.39, 0.29) is 11.6 Å². The molecule has 2 aromatic carbocycles. The molecule has 0 saturated carbocycles. The summed E-state index contributed by atoms with van der Waals surface area (Å²) in [6.07, 6.45) is 0. The summed E-state index contributed by atoms with van der Waals surface area (Å²) in [5.41, 5.74) is 1.78. The molecule has 28 heavy (non-hydrogen) atoms. The number of nitrogens with one attached hydrogen (secondary N) is 2. The minimum atomic E-state index is -0.597. The van der Waals surface area contributed by atoms with Crippen molar-refractivity contribution in [3.63, 3.8) is 0 Å². The second-order valence-corrected chi connectivity index (χ2v) is 6.99. The lowest BCUT2D eigenvalue weighted by Crippen LogP contribution is -2.13. The van der Waals surface area contributed by atoms with Crippen LogP contribution < -0.4 is 15.4 Å². The summed E-state index contributed by atoms with van der Waals surface area (Å²) in [5.74, 6) is -0.621. The van der Waals surface area contributed by atoms with Crippen molar-refractivity contribution in [3.8, 4) is 16.3 Å². The third-order valence-corrected chi connectivity index (χ3v) is 5.08. The van der Waals surface area contributed by atoms with Crippen LogP contribution in [0.1, 0.15) is 22.3 Å². The molecule has 0 aliphatic rings. The molecule has 0 spiro atoms. The number of aryl methyl sites for hydroxylation is 1. The largest absolute Gasteiger partial charge is 0.497 e. The predicted octanol–water partition coefficient (Wildman–Crippen LogP) is 4.48. The molecule has 6 nitrogen and oxygen atoms in total. The van der Waals surface area contributed by atoms with E-state index < -0.39 is 11.7 Å². The number of anilines is 2.